The lowest BCUT2D eigenvalue weighted by Gasteiger charge is -2.25. The van der Waals surface area contributed by atoms with Crippen LogP contribution in [0.4, 0.5) is 5.69 Å². The maximum atomic E-state index is 12.7. The molecule has 6 nitrogen and oxygen atoms in total. The van der Waals surface area contributed by atoms with Gasteiger partial charge in [0.15, 0.2) is 6.10 Å². The molecule has 2 aromatic carbocycles. The zero-order valence-corrected chi connectivity index (χ0v) is 17.2. The van der Waals surface area contributed by atoms with E-state index < -0.39 is 16.1 Å². The van der Waals surface area contributed by atoms with Crippen LogP contribution in [0.3, 0.4) is 0 Å². The highest BCUT2D eigenvalue weighted by Gasteiger charge is 2.25. The predicted octanol–water partition coefficient (Wildman–Crippen LogP) is 3.92. The quantitative estimate of drug-likeness (QED) is 0.765. The molecule has 1 saturated heterocycles. The number of benzene rings is 2. The average Bonchev–Trinajstić information content (AvgIpc) is 2.70. The standard InChI is InChI=1S/C20H23ClN2O4S/c1-15(27-19-8-4-3-7-18(19)21)20(24)22-16-9-11-17(12-10-16)28(25,26)23-13-5-2-6-14-23/h3-4,7-12,15H,2,5-6,13-14H2,1H3,(H,22,24)/t15-/m0/s1. The van der Waals surface area contributed by atoms with E-state index in [2.05, 4.69) is 5.32 Å². The molecule has 2 aromatic rings. The molecule has 150 valence electrons. The van der Waals surface area contributed by atoms with Gasteiger partial charge in [-0.2, -0.15) is 4.31 Å². The van der Waals surface area contributed by atoms with E-state index >= 15 is 0 Å². The van der Waals surface area contributed by atoms with Crippen molar-refractivity contribution in [3.05, 3.63) is 53.6 Å². The second kappa shape index (κ2) is 8.94. The summed E-state index contributed by atoms with van der Waals surface area (Å²) in [5, 5.41) is 3.15. The molecule has 1 fully saturated rings. The van der Waals surface area contributed by atoms with Crippen molar-refractivity contribution in [3.63, 3.8) is 0 Å². The van der Waals surface area contributed by atoms with E-state index in [1.54, 1.807) is 43.3 Å². The van der Waals surface area contributed by atoms with Gasteiger partial charge in [0.05, 0.1) is 9.92 Å². The molecule has 1 N–H and O–H groups in total. The average molecular weight is 423 g/mol. The van der Waals surface area contributed by atoms with Crippen molar-refractivity contribution in [1.29, 1.82) is 0 Å². The Hall–Kier alpha value is -2.09. The number of nitrogens with zero attached hydrogens (tertiary/aromatic N) is 1. The first kappa shape index (κ1) is 20.6. The molecule has 1 heterocycles. The van der Waals surface area contributed by atoms with Crippen molar-refractivity contribution in [2.24, 2.45) is 0 Å². The second-order valence-electron chi connectivity index (χ2n) is 6.67. The number of anilines is 1. The maximum absolute atomic E-state index is 12.7. The maximum Gasteiger partial charge on any atom is 0.265 e. The molecule has 1 atom stereocenters. The normalized spacial score (nSPS) is 16.4. The fraction of sp³-hybridized carbons (Fsp3) is 0.350. The van der Waals surface area contributed by atoms with Gasteiger partial charge in [-0.1, -0.05) is 30.2 Å². The first-order valence-corrected chi connectivity index (χ1v) is 11.0. The van der Waals surface area contributed by atoms with Crippen molar-refractivity contribution >= 4 is 33.2 Å². The molecule has 3 rings (SSSR count). The molecule has 8 heteroatoms. The third-order valence-corrected chi connectivity index (χ3v) is 6.81. The number of ether oxygens (including phenoxy) is 1. The lowest BCUT2D eigenvalue weighted by molar-refractivity contribution is -0.122. The molecule has 28 heavy (non-hydrogen) atoms. The van der Waals surface area contributed by atoms with E-state index in [0.29, 0.717) is 29.5 Å². The lowest BCUT2D eigenvalue weighted by atomic mass is 10.2. The highest BCUT2D eigenvalue weighted by atomic mass is 35.5. The highest BCUT2D eigenvalue weighted by molar-refractivity contribution is 7.89. The molecular formula is C20H23ClN2O4S. The number of halogens is 1. The van der Waals surface area contributed by atoms with Crippen LogP contribution in [-0.4, -0.2) is 37.8 Å². The number of para-hydroxylation sites is 1. The minimum Gasteiger partial charge on any atom is -0.479 e. The van der Waals surface area contributed by atoms with Gasteiger partial charge in [0.1, 0.15) is 5.75 Å². The van der Waals surface area contributed by atoms with Crippen LogP contribution >= 0.6 is 11.6 Å². The van der Waals surface area contributed by atoms with Gasteiger partial charge in [-0.05, 0) is 56.2 Å². The Morgan fingerprint density at radius 1 is 1.07 bits per heavy atom. The second-order valence-corrected chi connectivity index (χ2v) is 9.01. The van der Waals surface area contributed by atoms with Gasteiger partial charge in [0.2, 0.25) is 10.0 Å². The largest absolute Gasteiger partial charge is 0.479 e. The van der Waals surface area contributed by atoms with Crippen molar-refractivity contribution < 1.29 is 17.9 Å². The Morgan fingerprint density at radius 2 is 1.71 bits per heavy atom. The Bertz CT molecular complexity index is 925. The topological polar surface area (TPSA) is 75.7 Å². The minimum atomic E-state index is -3.49. The number of rotatable bonds is 6. The van der Waals surface area contributed by atoms with E-state index in [0.717, 1.165) is 19.3 Å². The van der Waals surface area contributed by atoms with Crippen molar-refractivity contribution in [3.8, 4) is 5.75 Å². The van der Waals surface area contributed by atoms with Gasteiger partial charge in [-0.3, -0.25) is 4.79 Å². The van der Waals surface area contributed by atoms with Gasteiger partial charge in [0.25, 0.3) is 5.91 Å². The summed E-state index contributed by atoms with van der Waals surface area (Å²) in [4.78, 5) is 12.6. The summed E-state index contributed by atoms with van der Waals surface area (Å²) in [7, 11) is -3.49. The first-order valence-electron chi connectivity index (χ1n) is 9.20. The van der Waals surface area contributed by atoms with Crippen LogP contribution in [0.2, 0.25) is 5.02 Å². The Balaban J connectivity index is 1.63. The summed E-state index contributed by atoms with van der Waals surface area (Å²) in [6.07, 6.45) is 2.07. The Labute approximate surface area is 170 Å². The molecule has 0 unspecified atom stereocenters. The molecule has 0 aliphatic carbocycles. The monoisotopic (exact) mass is 422 g/mol. The molecular weight excluding hydrogens is 400 g/mol. The molecule has 0 radical (unpaired) electrons. The number of nitrogens with one attached hydrogen (secondary N) is 1. The number of piperidine rings is 1. The van der Waals surface area contributed by atoms with Gasteiger partial charge >= 0.3 is 0 Å². The van der Waals surface area contributed by atoms with Crippen LogP contribution in [0.1, 0.15) is 26.2 Å². The van der Waals surface area contributed by atoms with Crippen molar-refractivity contribution in [2.75, 3.05) is 18.4 Å². The molecule has 1 aliphatic heterocycles. The first-order chi connectivity index (χ1) is 13.4. The highest BCUT2D eigenvalue weighted by Crippen LogP contribution is 2.25. The van der Waals surface area contributed by atoms with Crippen LogP contribution in [0.15, 0.2) is 53.4 Å². The van der Waals surface area contributed by atoms with E-state index in [1.165, 1.54) is 16.4 Å². The summed E-state index contributed by atoms with van der Waals surface area (Å²) in [5.41, 5.74) is 0.497. The van der Waals surface area contributed by atoms with Gasteiger partial charge in [-0.15, -0.1) is 0 Å². The number of amides is 1. The van der Waals surface area contributed by atoms with Crippen LogP contribution < -0.4 is 10.1 Å². The number of carbonyl (C=O) groups excluding carboxylic acids is 1. The summed E-state index contributed by atoms with van der Waals surface area (Å²) in [6, 6.07) is 13.1. The SMILES string of the molecule is C[C@H](Oc1ccccc1Cl)C(=O)Nc1ccc(S(=O)(=O)N2CCCCC2)cc1. The van der Waals surface area contributed by atoms with Crippen LogP contribution in [0, 0.1) is 0 Å². The number of carbonyl (C=O) groups is 1. The fourth-order valence-electron chi connectivity index (χ4n) is 2.99. The Morgan fingerprint density at radius 3 is 2.36 bits per heavy atom. The molecule has 1 amide bonds. The Kier molecular flexibility index (Phi) is 6.59. The molecule has 0 saturated carbocycles. The van der Waals surface area contributed by atoms with Crippen LogP contribution in [0.25, 0.3) is 0 Å². The summed E-state index contributed by atoms with van der Waals surface area (Å²) in [6.45, 7) is 2.73. The zero-order chi connectivity index (χ0) is 20.1. The number of hydrogen-bond acceptors (Lipinski definition) is 4. The summed E-state index contributed by atoms with van der Waals surface area (Å²) >= 11 is 6.04. The molecule has 0 bridgehead atoms. The molecule has 0 spiro atoms. The minimum absolute atomic E-state index is 0.229. The van der Waals surface area contributed by atoms with Crippen molar-refractivity contribution in [1.82, 2.24) is 4.31 Å². The molecule has 0 aromatic heterocycles. The third-order valence-electron chi connectivity index (χ3n) is 4.58. The zero-order valence-electron chi connectivity index (χ0n) is 15.6. The van der Waals surface area contributed by atoms with E-state index in [9.17, 15) is 13.2 Å². The predicted molar refractivity (Wildman–Crippen MR) is 109 cm³/mol. The summed E-state index contributed by atoms with van der Waals surface area (Å²) in [5.74, 6) is 0.0707. The number of hydrogen-bond donors (Lipinski definition) is 1. The van der Waals surface area contributed by atoms with Gasteiger partial charge in [0, 0.05) is 18.8 Å². The van der Waals surface area contributed by atoms with E-state index in [1.807, 2.05) is 0 Å². The van der Waals surface area contributed by atoms with Gasteiger partial charge in [-0.25, -0.2) is 8.42 Å². The smallest absolute Gasteiger partial charge is 0.265 e. The van der Waals surface area contributed by atoms with E-state index in [-0.39, 0.29) is 10.8 Å². The number of sulfonamides is 1. The van der Waals surface area contributed by atoms with Gasteiger partial charge < -0.3 is 10.1 Å². The van der Waals surface area contributed by atoms with Crippen LogP contribution in [-0.2, 0) is 14.8 Å². The molecule has 1 aliphatic rings. The van der Waals surface area contributed by atoms with Crippen molar-refractivity contribution in [2.45, 2.75) is 37.2 Å². The lowest BCUT2D eigenvalue weighted by Crippen LogP contribution is -2.35. The summed E-state index contributed by atoms with van der Waals surface area (Å²) < 4.78 is 32.4. The van der Waals surface area contributed by atoms with Crippen LogP contribution in [0.5, 0.6) is 5.75 Å². The fourth-order valence-corrected chi connectivity index (χ4v) is 4.69. The van der Waals surface area contributed by atoms with E-state index in [4.69, 9.17) is 16.3 Å². The third kappa shape index (κ3) is 4.84.